The van der Waals surface area contributed by atoms with Crippen LogP contribution in [0.5, 0.6) is 0 Å². The number of aromatic amines is 1. The molecule has 4 nitrogen and oxygen atoms in total. The molecule has 0 aliphatic heterocycles. The van der Waals surface area contributed by atoms with E-state index in [0.717, 1.165) is 23.4 Å². The maximum absolute atomic E-state index is 4.71. The van der Waals surface area contributed by atoms with Gasteiger partial charge in [0.05, 0.1) is 12.2 Å². The standard InChI is InChI=1S/C13H22N4/c1-5-7-9(3)12-15-11-8-14-17(10(4)6-2)13(11)16-12/h8-10H,5-7H2,1-4H3,(H,15,16)/t9-,10+/m1/s1. The van der Waals surface area contributed by atoms with Gasteiger partial charge in [0.1, 0.15) is 11.3 Å². The number of imidazole rings is 1. The van der Waals surface area contributed by atoms with E-state index in [2.05, 4.69) is 37.8 Å². The zero-order valence-electron chi connectivity index (χ0n) is 11.2. The van der Waals surface area contributed by atoms with Crippen molar-refractivity contribution >= 4 is 11.2 Å². The van der Waals surface area contributed by atoms with Gasteiger partial charge in [0, 0.05) is 5.92 Å². The molecule has 17 heavy (non-hydrogen) atoms. The summed E-state index contributed by atoms with van der Waals surface area (Å²) >= 11 is 0. The summed E-state index contributed by atoms with van der Waals surface area (Å²) in [6.45, 7) is 8.78. The summed E-state index contributed by atoms with van der Waals surface area (Å²) in [5, 5.41) is 4.40. The highest BCUT2D eigenvalue weighted by Gasteiger charge is 2.15. The van der Waals surface area contributed by atoms with Crippen molar-refractivity contribution in [3.63, 3.8) is 0 Å². The van der Waals surface area contributed by atoms with E-state index in [0.29, 0.717) is 12.0 Å². The molecule has 0 fully saturated rings. The molecule has 94 valence electrons. The van der Waals surface area contributed by atoms with E-state index in [-0.39, 0.29) is 0 Å². The molecule has 4 heteroatoms. The van der Waals surface area contributed by atoms with Crippen LogP contribution in [0, 0.1) is 0 Å². The van der Waals surface area contributed by atoms with E-state index < -0.39 is 0 Å². The Balaban J connectivity index is 2.34. The number of rotatable bonds is 5. The van der Waals surface area contributed by atoms with Gasteiger partial charge in [-0.25, -0.2) is 9.67 Å². The average molecular weight is 234 g/mol. The van der Waals surface area contributed by atoms with Crippen LogP contribution in [-0.2, 0) is 0 Å². The van der Waals surface area contributed by atoms with Crippen molar-refractivity contribution in [1.29, 1.82) is 0 Å². The largest absolute Gasteiger partial charge is 0.339 e. The van der Waals surface area contributed by atoms with E-state index in [1.54, 1.807) is 0 Å². The fourth-order valence-electron chi connectivity index (χ4n) is 2.13. The molecule has 2 aromatic rings. The molecule has 0 aromatic carbocycles. The molecule has 2 rings (SSSR count). The van der Waals surface area contributed by atoms with Crippen LogP contribution in [0.15, 0.2) is 6.20 Å². The summed E-state index contributed by atoms with van der Waals surface area (Å²) < 4.78 is 2.02. The first-order valence-electron chi connectivity index (χ1n) is 6.60. The number of aromatic nitrogens is 4. The second kappa shape index (κ2) is 4.90. The second-order valence-electron chi connectivity index (χ2n) is 4.90. The molecular formula is C13H22N4. The predicted octanol–water partition coefficient (Wildman–Crippen LogP) is 3.63. The van der Waals surface area contributed by atoms with Crippen LogP contribution in [0.25, 0.3) is 11.2 Å². The molecule has 0 aliphatic carbocycles. The normalized spacial score (nSPS) is 15.3. The maximum atomic E-state index is 4.71. The number of nitrogens with one attached hydrogen (secondary N) is 1. The highest BCUT2D eigenvalue weighted by Crippen LogP contribution is 2.23. The van der Waals surface area contributed by atoms with Gasteiger partial charge in [0.2, 0.25) is 0 Å². The van der Waals surface area contributed by atoms with Crippen LogP contribution in [-0.4, -0.2) is 19.7 Å². The number of fused-ring (bicyclic) bond motifs is 1. The zero-order valence-corrected chi connectivity index (χ0v) is 11.2. The lowest BCUT2D eigenvalue weighted by molar-refractivity contribution is 0.489. The first kappa shape index (κ1) is 12.1. The Kier molecular flexibility index (Phi) is 3.50. The molecule has 1 N–H and O–H groups in total. The van der Waals surface area contributed by atoms with E-state index >= 15 is 0 Å². The van der Waals surface area contributed by atoms with Crippen LogP contribution < -0.4 is 0 Å². The topological polar surface area (TPSA) is 46.5 Å². The number of hydrogen-bond acceptors (Lipinski definition) is 2. The van der Waals surface area contributed by atoms with E-state index in [1.807, 2.05) is 10.9 Å². The Morgan fingerprint density at radius 1 is 1.35 bits per heavy atom. The Morgan fingerprint density at radius 2 is 2.12 bits per heavy atom. The van der Waals surface area contributed by atoms with Gasteiger partial charge in [-0.2, -0.15) is 5.10 Å². The van der Waals surface area contributed by atoms with Crippen LogP contribution in [0.2, 0.25) is 0 Å². The monoisotopic (exact) mass is 234 g/mol. The Morgan fingerprint density at radius 3 is 2.76 bits per heavy atom. The number of nitrogens with zero attached hydrogens (tertiary/aromatic N) is 3. The molecule has 2 atom stereocenters. The predicted molar refractivity (Wildman–Crippen MR) is 70.2 cm³/mol. The summed E-state index contributed by atoms with van der Waals surface area (Å²) in [4.78, 5) is 8.09. The van der Waals surface area contributed by atoms with Crippen LogP contribution in [0.4, 0.5) is 0 Å². The summed E-state index contributed by atoms with van der Waals surface area (Å²) in [6, 6.07) is 0.408. The lowest BCUT2D eigenvalue weighted by Gasteiger charge is -2.09. The second-order valence-corrected chi connectivity index (χ2v) is 4.90. The van der Waals surface area contributed by atoms with Crippen molar-refractivity contribution in [2.24, 2.45) is 0 Å². The van der Waals surface area contributed by atoms with Gasteiger partial charge in [0.25, 0.3) is 0 Å². The fourth-order valence-corrected chi connectivity index (χ4v) is 2.13. The number of hydrogen-bond donors (Lipinski definition) is 1. The van der Waals surface area contributed by atoms with Gasteiger partial charge in [-0.15, -0.1) is 0 Å². The molecule has 0 spiro atoms. The quantitative estimate of drug-likeness (QED) is 0.858. The third kappa shape index (κ3) is 2.21. The zero-order chi connectivity index (χ0) is 12.4. The van der Waals surface area contributed by atoms with Crippen molar-refractivity contribution in [2.75, 3.05) is 0 Å². The molecule has 0 unspecified atom stereocenters. The summed E-state index contributed by atoms with van der Waals surface area (Å²) in [5.74, 6) is 1.59. The molecule has 2 aromatic heterocycles. The van der Waals surface area contributed by atoms with E-state index in [4.69, 9.17) is 4.98 Å². The van der Waals surface area contributed by atoms with Crippen molar-refractivity contribution in [1.82, 2.24) is 19.7 Å². The molecule has 2 heterocycles. The van der Waals surface area contributed by atoms with Gasteiger partial charge in [-0.3, -0.25) is 0 Å². The van der Waals surface area contributed by atoms with Crippen molar-refractivity contribution < 1.29 is 0 Å². The average Bonchev–Trinajstić information content (AvgIpc) is 2.87. The molecule has 0 amide bonds. The van der Waals surface area contributed by atoms with Crippen molar-refractivity contribution in [3.05, 3.63) is 12.0 Å². The minimum atomic E-state index is 0.408. The molecule has 0 saturated heterocycles. The van der Waals surface area contributed by atoms with Crippen molar-refractivity contribution in [3.8, 4) is 0 Å². The first-order valence-corrected chi connectivity index (χ1v) is 6.60. The van der Waals surface area contributed by atoms with Gasteiger partial charge < -0.3 is 4.98 Å². The van der Waals surface area contributed by atoms with Gasteiger partial charge in [-0.05, 0) is 19.8 Å². The maximum Gasteiger partial charge on any atom is 0.176 e. The molecular weight excluding hydrogens is 212 g/mol. The lowest BCUT2D eigenvalue weighted by atomic mass is 10.1. The Bertz CT molecular complexity index is 483. The van der Waals surface area contributed by atoms with Gasteiger partial charge in [0.15, 0.2) is 5.65 Å². The van der Waals surface area contributed by atoms with Crippen LogP contribution in [0.3, 0.4) is 0 Å². The molecule has 0 saturated carbocycles. The SMILES string of the molecule is CCC[C@@H](C)c1nc2c(cnn2[C@@H](C)CC)[nH]1. The summed E-state index contributed by atoms with van der Waals surface area (Å²) in [6.07, 6.45) is 5.32. The lowest BCUT2D eigenvalue weighted by Crippen LogP contribution is -2.06. The molecule has 0 aliphatic rings. The summed E-state index contributed by atoms with van der Waals surface area (Å²) in [7, 11) is 0. The molecule has 0 bridgehead atoms. The van der Waals surface area contributed by atoms with E-state index in [1.165, 1.54) is 12.8 Å². The van der Waals surface area contributed by atoms with Gasteiger partial charge >= 0.3 is 0 Å². The minimum Gasteiger partial charge on any atom is -0.339 e. The van der Waals surface area contributed by atoms with Crippen LogP contribution in [0.1, 0.15) is 64.7 Å². The van der Waals surface area contributed by atoms with E-state index in [9.17, 15) is 0 Å². The number of H-pyrrole nitrogens is 1. The highest BCUT2D eigenvalue weighted by molar-refractivity contribution is 5.70. The molecule has 0 radical (unpaired) electrons. The fraction of sp³-hybridized carbons (Fsp3) is 0.692. The smallest absolute Gasteiger partial charge is 0.176 e. The van der Waals surface area contributed by atoms with Gasteiger partial charge in [-0.1, -0.05) is 27.2 Å². The Hall–Kier alpha value is -1.32. The van der Waals surface area contributed by atoms with Crippen molar-refractivity contribution in [2.45, 2.75) is 58.9 Å². The summed E-state index contributed by atoms with van der Waals surface area (Å²) in [5.41, 5.74) is 2.06. The highest BCUT2D eigenvalue weighted by atomic mass is 15.3. The third-order valence-corrected chi connectivity index (χ3v) is 3.46. The van der Waals surface area contributed by atoms with Crippen LogP contribution >= 0.6 is 0 Å². The first-order chi connectivity index (χ1) is 8.17. The third-order valence-electron chi connectivity index (χ3n) is 3.46. The minimum absolute atomic E-state index is 0.408. The Labute approximate surface area is 102 Å².